The molecular formula is C12H15N5O3. The smallest absolute Gasteiger partial charge is 0.325 e. The third-order valence-corrected chi connectivity index (χ3v) is 3.54. The van der Waals surface area contributed by atoms with Crippen molar-refractivity contribution in [2.24, 2.45) is 0 Å². The van der Waals surface area contributed by atoms with Gasteiger partial charge in [0.1, 0.15) is 12.4 Å². The summed E-state index contributed by atoms with van der Waals surface area (Å²) in [5, 5.41) is 5.24. The van der Waals surface area contributed by atoms with Gasteiger partial charge in [-0.05, 0) is 6.42 Å². The first-order valence-electron chi connectivity index (χ1n) is 6.51. The van der Waals surface area contributed by atoms with Crippen LogP contribution in [0.2, 0.25) is 0 Å². The SMILES string of the molecule is O=C(CN1C(=O)CNC1=O)NC1CCc2nccn2C1. The highest BCUT2D eigenvalue weighted by Gasteiger charge is 2.31. The Labute approximate surface area is 115 Å². The van der Waals surface area contributed by atoms with Crippen molar-refractivity contribution in [2.45, 2.75) is 25.4 Å². The van der Waals surface area contributed by atoms with Crippen LogP contribution in [-0.2, 0) is 22.6 Å². The second-order valence-corrected chi connectivity index (χ2v) is 4.94. The number of urea groups is 1. The molecule has 2 aliphatic heterocycles. The maximum Gasteiger partial charge on any atom is 0.325 e. The molecule has 8 nitrogen and oxygen atoms in total. The monoisotopic (exact) mass is 277 g/mol. The van der Waals surface area contributed by atoms with Gasteiger partial charge in [0.2, 0.25) is 5.91 Å². The summed E-state index contributed by atoms with van der Waals surface area (Å²) in [5.74, 6) is 0.333. The zero-order valence-corrected chi connectivity index (χ0v) is 10.8. The summed E-state index contributed by atoms with van der Waals surface area (Å²) < 4.78 is 2.00. The summed E-state index contributed by atoms with van der Waals surface area (Å²) in [6.07, 6.45) is 5.24. The molecule has 0 aromatic carbocycles. The van der Waals surface area contributed by atoms with Crippen LogP contribution in [-0.4, -0.2) is 51.4 Å². The second kappa shape index (κ2) is 4.95. The Balaban J connectivity index is 1.55. The average molecular weight is 277 g/mol. The van der Waals surface area contributed by atoms with Crippen molar-refractivity contribution >= 4 is 17.8 Å². The number of imidazole rings is 1. The first-order chi connectivity index (χ1) is 9.63. The summed E-state index contributed by atoms with van der Waals surface area (Å²) >= 11 is 0. The van der Waals surface area contributed by atoms with Crippen molar-refractivity contribution in [2.75, 3.05) is 13.1 Å². The molecule has 0 spiro atoms. The van der Waals surface area contributed by atoms with Gasteiger partial charge in [-0.3, -0.25) is 14.5 Å². The molecule has 1 aromatic heterocycles. The normalized spacial score (nSPS) is 21.6. The highest BCUT2D eigenvalue weighted by atomic mass is 16.2. The van der Waals surface area contributed by atoms with Gasteiger partial charge in [-0.15, -0.1) is 0 Å². The number of carbonyl (C=O) groups is 3. The van der Waals surface area contributed by atoms with E-state index in [0.717, 1.165) is 23.6 Å². The van der Waals surface area contributed by atoms with Crippen LogP contribution in [0.4, 0.5) is 4.79 Å². The van der Waals surface area contributed by atoms with Crippen LogP contribution in [0.3, 0.4) is 0 Å². The molecule has 0 saturated carbocycles. The van der Waals surface area contributed by atoms with Gasteiger partial charge < -0.3 is 15.2 Å². The molecule has 20 heavy (non-hydrogen) atoms. The van der Waals surface area contributed by atoms with Crippen molar-refractivity contribution in [3.63, 3.8) is 0 Å². The topological polar surface area (TPSA) is 96.3 Å². The van der Waals surface area contributed by atoms with Gasteiger partial charge in [-0.1, -0.05) is 0 Å². The highest BCUT2D eigenvalue weighted by Crippen LogP contribution is 2.13. The molecule has 1 fully saturated rings. The van der Waals surface area contributed by atoms with Crippen molar-refractivity contribution in [1.82, 2.24) is 25.1 Å². The number of hydrogen-bond donors (Lipinski definition) is 2. The molecule has 1 unspecified atom stereocenters. The number of amides is 4. The van der Waals surface area contributed by atoms with Crippen LogP contribution in [0.1, 0.15) is 12.2 Å². The molecule has 1 saturated heterocycles. The zero-order valence-electron chi connectivity index (χ0n) is 10.8. The van der Waals surface area contributed by atoms with E-state index in [-0.39, 0.29) is 30.9 Å². The number of imide groups is 1. The fraction of sp³-hybridized carbons (Fsp3) is 0.500. The molecule has 0 aliphatic carbocycles. The van der Waals surface area contributed by atoms with Gasteiger partial charge in [0.25, 0.3) is 5.91 Å². The van der Waals surface area contributed by atoms with Crippen LogP contribution in [0.5, 0.6) is 0 Å². The Morgan fingerprint density at radius 2 is 2.35 bits per heavy atom. The van der Waals surface area contributed by atoms with Crippen molar-refractivity contribution in [1.29, 1.82) is 0 Å². The minimum absolute atomic E-state index is 0.00460. The minimum atomic E-state index is -0.509. The second-order valence-electron chi connectivity index (χ2n) is 4.94. The van der Waals surface area contributed by atoms with Crippen LogP contribution in [0.15, 0.2) is 12.4 Å². The number of nitrogens with zero attached hydrogens (tertiary/aromatic N) is 3. The van der Waals surface area contributed by atoms with E-state index in [1.807, 2.05) is 10.8 Å². The highest BCUT2D eigenvalue weighted by molar-refractivity contribution is 6.04. The Morgan fingerprint density at radius 1 is 1.50 bits per heavy atom. The lowest BCUT2D eigenvalue weighted by Gasteiger charge is -2.25. The van der Waals surface area contributed by atoms with E-state index in [1.165, 1.54) is 0 Å². The number of hydrogen-bond acceptors (Lipinski definition) is 4. The minimum Gasteiger partial charge on any atom is -0.350 e. The Kier molecular flexibility index (Phi) is 3.13. The van der Waals surface area contributed by atoms with Crippen LogP contribution in [0, 0.1) is 0 Å². The average Bonchev–Trinajstić information content (AvgIpc) is 3.00. The Morgan fingerprint density at radius 3 is 3.10 bits per heavy atom. The first kappa shape index (κ1) is 12.6. The van der Waals surface area contributed by atoms with E-state index in [4.69, 9.17) is 0 Å². The lowest BCUT2D eigenvalue weighted by atomic mass is 10.1. The summed E-state index contributed by atoms with van der Waals surface area (Å²) in [6, 6.07) is -0.504. The molecule has 106 valence electrons. The maximum absolute atomic E-state index is 11.9. The third-order valence-electron chi connectivity index (χ3n) is 3.54. The van der Waals surface area contributed by atoms with E-state index in [0.29, 0.717) is 6.54 Å². The molecular weight excluding hydrogens is 262 g/mol. The van der Waals surface area contributed by atoms with Crippen LogP contribution >= 0.6 is 0 Å². The van der Waals surface area contributed by atoms with Gasteiger partial charge in [0, 0.05) is 31.4 Å². The largest absolute Gasteiger partial charge is 0.350 e. The number of carbonyl (C=O) groups excluding carboxylic acids is 3. The molecule has 3 rings (SSSR count). The lowest BCUT2D eigenvalue weighted by Crippen LogP contribution is -2.46. The molecule has 8 heteroatoms. The molecule has 0 radical (unpaired) electrons. The number of aromatic nitrogens is 2. The summed E-state index contributed by atoms with van der Waals surface area (Å²) in [4.78, 5) is 39.8. The number of aryl methyl sites for hydroxylation is 1. The lowest BCUT2D eigenvalue weighted by molar-refractivity contribution is -0.131. The summed E-state index contributed by atoms with van der Waals surface area (Å²) in [5.41, 5.74) is 0. The van der Waals surface area contributed by atoms with Gasteiger partial charge in [0.15, 0.2) is 0 Å². The molecule has 2 aliphatic rings. The van der Waals surface area contributed by atoms with Crippen molar-refractivity contribution < 1.29 is 14.4 Å². The van der Waals surface area contributed by atoms with E-state index < -0.39 is 6.03 Å². The van der Waals surface area contributed by atoms with Crippen molar-refractivity contribution in [3.8, 4) is 0 Å². The van der Waals surface area contributed by atoms with Crippen molar-refractivity contribution in [3.05, 3.63) is 18.2 Å². The van der Waals surface area contributed by atoms with E-state index >= 15 is 0 Å². The standard InChI is InChI=1S/C12H15N5O3/c18-10(7-17-11(19)5-14-12(17)20)15-8-1-2-9-13-3-4-16(9)6-8/h3-4,8H,1-2,5-7H2,(H,14,20)(H,15,18). The van der Waals surface area contributed by atoms with Crippen LogP contribution in [0.25, 0.3) is 0 Å². The maximum atomic E-state index is 11.9. The molecule has 4 amide bonds. The Bertz CT molecular complexity index is 551. The van der Waals surface area contributed by atoms with Gasteiger partial charge >= 0.3 is 6.03 Å². The summed E-state index contributed by atoms with van der Waals surface area (Å²) in [7, 11) is 0. The number of fused-ring (bicyclic) bond motifs is 1. The zero-order chi connectivity index (χ0) is 14.1. The van der Waals surface area contributed by atoms with Gasteiger partial charge in [0.05, 0.1) is 6.54 Å². The predicted molar refractivity (Wildman–Crippen MR) is 67.6 cm³/mol. The molecule has 0 bridgehead atoms. The van der Waals surface area contributed by atoms with E-state index in [2.05, 4.69) is 15.6 Å². The van der Waals surface area contributed by atoms with Crippen LogP contribution < -0.4 is 10.6 Å². The quantitative estimate of drug-likeness (QED) is 0.683. The summed E-state index contributed by atoms with van der Waals surface area (Å²) in [6.45, 7) is 0.410. The molecule has 3 heterocycles. The molecule has 1 aromatic rings. The first-order valence-corrected chi connectivity index (χ1v) is 6.51. The molecule has 1 atom stereocenters. The fourth-order valence-corrected chi connectivity index (χ4v) is 2.52. The van der Waals surface area contributed by atoms with Gasteiger partial charge in [-0.2, -0.15) is 0 Å². The molecule has 2 N–H and O–H groups in total. The Hall–Kier alpha value is -2.38. The van der Waals surface area contributed by atoms with E-state index in [9.17, 15) is 14.4 Å². The van der Waals surface area contributed by atoms with E-state index in [1.54, 1.807) is 6.20 Å². The number of nitrogens with one attached hydrogen (secondary N) is 2. The fourth-order valence-electron chi connectivity index (χ4n) is 2.52. The van der Waals surface area contributed by atoms with Gasteiger partial charge in [-0.25, -0.2) is 9.78 Å². The number of rotatable bonds is 3. The predicted octanol–water partition coefficient (Wildman–Crippen LogP) is -1.13. The third kappa shape index (κ3) is 2.36.